The van der Waals surface area contributed by atoms with Crippen LogP contribution >= 0.6 is 23.2 Å². The minimum atomic E-state index is -4.92. The fourth-order valence-electron chi connectivity index (χ4n) is 4.50. The number of carbonyl (C=O) groups is 2. The Hall–Kier alpha value is -4.42. The first kappa shape index (κ1) is 32.5. The van der Waals surface area contributed by atoms with Crippen molar-refractivity contribution in [3.05, 3.63) is 129 Å². The van der Waals surface area contributed by atoms with Gasteiger partial charge in [0.05, 0.1) is 11.1 Å². The van der Waals surface area contributed by atoms with Crippen molar-refractivity contribution in [1.29, 1.82) is 0 Å². The Morgan fingerprint density at radius 1 is 0.523 bits per heavy atom. The van der Waals surface area contributed by atoms with Crippen LogP contribution in [0.2, 0.25) is 10.0 Å². The Labute approximate surface area is 255 Å². The topological polar surface area (TPSA) is 93.1 Å². The van der Waals surface area contributed by atoms with E-state index in [2.05, 4.69) is 0 Å². The molecule has 0 radical (unpaired) electrons. The molecule has 44 heavy (non-hydrogen) atoms. The van der Waals surface area contributed by atoms with Gasteiger partial charge < -0.3 is 19.7 Å². The van der Waals surface area contributed by atoms with Crippen molar-refractivity contribution in [2.45, 2.75) is 23.6 Å². The smallest absolute Gasteiger partial charge is 0.416 e. The van der Waals surface area contributed by atoms with E-state index < -0.39 is 69.2 Å². The molecular weight excluding hydrogens is 641 g/mol. The minimum absolute atomic E-state index is 0.0540. The Morgan fingerprint density at radius 2 is 0.841 bits per heavy atom. The van der Waals surface area contributed by atoms with E-state index in [1.54, 1.807) is 0 Å². The number of benzene rings is 4. The van der Waals surface area contributed by atoms with Crippen LogP contribution in [-0.2, 0) is 33.1 Å². The van der Waals surface area contributed by atoms with Crippen LogP contribution in [0.5, 0.6) is 11.5 Å². The molecule has 0 amide bonds. The van der Waals surface area contributed by atoms with Gasteiger partial charge in [-0.25, -0.2) is 9.59 Å². The fourth-order valence-corrected chi connectivity index (χ4v) is 4.75. The average molecular weight is 659 g/mol. The summed E-state index contributed by atoms with van der Waals surface area (Å²) >= 11 is 12.0. The molecule has 4 rings (SSSR count). The lowest BCUT2D eigenvalue weighted by Gasteiger charge is -2.44. The van der Waals surface area contributed by atoms with E-state index in [0.29, 0.717) is 24.3 Å². The predicted molar refractivity (Wildman–Crippen MR) is 146 cm³/mol. The number of hydrogen-bond acceptors (Lipinski definition) is 4. The first-order valence-corrected chi connectivity index (χ1v) is 13.0. The number of hydrogen-bond donors (Lipinski definition) is 2. The standard InChI is InChI=1S/C30H18Cl2F6O6/c31-21-11-7-17(8-12-21)27(25(39)40,43-23-5-1-3-19(15-23)29(33,34)35)28(26(41)42,18-9-13-22(32)14-10-18)44-24-6-2-4-20(16-24)30(36,37)38/h1-16H,(H,39,40)(H,41,42). The maximum atomic E-state index is 13.6. The van der Waals surface area contributed by atoms with E-state index in [9.17, 15) is 46.1 Å². The zero-order valence-corrected chi connectivity index (χ0v) is 23.3. The van der Waals surface area contributed by atoms with Crippen LogP contribution < -0.4 is 9.47 Å². The highest BCUT2D eigenvalue weighted by Crippen LogP contribution is 2.49. The molecule has 0 aliphatic rings. The predicted octanol–water partition coefficient (Wildman–Crippen LogP) is 8.45. The lowest BCUT2D eigenvalue weighted by atomic mass is 9.72. The van der Waals surface area contributed by atoms with Crippen LogP contribution in [0.1, 0.15) is 22.3 Å². The number of alkyl halides is 6. The van der Waals surface area contributed by atoms with Crippen molar-refractivity contribution in [3.63, 3.8) is 0 Å². The molecule has 0 fully saturated rings. The van der Waals surface area contributed by atoms with Crippen LogP contribution in [0.15, 0.2) is 97.1 Å². The zero-order chi connectivity index (χ0) is 32.5. The number of halogens is 8. The molecule has 4 aromatic rings. The Balaban J connectivity index is 2.14. The van der Waals surface area contributed by atoms with Crippen LogP contribution in [-0.4, -0.2) is 22.2 Å². The minimum Gasteiger partial charge on any atom is -0.478 e. The van der Waals surface area contributed by atoms with Crippen molar-refractivity contribution < 1.29 is 55.6 Å². The van der Waals surface area contributed by atoms with Crippen LogP contribution in [0.3, 0.4) is 0 Å². The quantitative estimate of drug-likeness (QED) is 0.175. The molecule has 0 saturated heterocycles. The number of rotatable bonds is 9. The first-order chi connectivity index (χ1) is 20.5. The SMILES string of the molecule is O=C(O)C(Oc1cccc(C(F)(F)F)c1)(c1ccc(Cl)cc1)C(Oc1cccc(C(F)(F)F)c1)(C(=O)O)c1ccc(Cl)cc1. The van der Waals surface area contributed by atoms with Crippen molar-refractivity contribution in [2.24, 2.45) is 0 Å². The molecule has 0 aliphatic heterocycles. The summed E-state index contributed by atoms with van der Waals surface area (Å²) in [6.07, 6.45) is -9.83. The largest absolute Gasteiger partial charge is 0.478 e. The lowest BCUT2D eigenvalue weighted by Crippen LogP contribution is -2.65. The second-order valence-corrected chi connectivity index (χ2v) is 10.1. The normalized spacial score (nSPS) is 14.6. The second kappa shape index (κ2) is 11.9. The van der Waals surface area contributed by atoms with Gasteiger partial charge in [0.25, 0.3) is 11.2 Å². The monoisotopic (exact) mass is 658 g/mol. The second-order valence-electron chi connectivity index (χ2n) is 9.24. The Bertz CT molecular complexity index is 1550. The number of carboxylic acids is 2. The zero-order valence-electron chi connectivity index (χ0n) is 21.8. The highest BCUT2D eigenvalue weighted by atomic mass is 35.5. The molecule has 0 spiro atoms. The summed E-state index contributed by atoms with van der Waals surface area (Å²) in [5, 5.41) is 21.8. The van der Waals surface area contributed by atoms with Gasteiger partial charge in [-0.05, 0) is 60.7 Å². The van der Waals surface area contributed by atoms with Crippen LogP contribution in [0, 0.1) is 0 Å². The first-order valence-electron chi connectivity index (χ1n) is 12.2. The van der Waals surface area contributed by atoms with Gasteiger partial charge >= 0.3 is 24.3 Å². The van der Waals surface area contributed by atoms with E-state index in [4.69, 9.17) is 32.7 Å². The third-order valence-corrected chi connectivity index (χ3v) is 6.97. The van der Waals surface area contributed by atoms with Crippen LogP contribution in [0.4, 0.5) is 26.3 Å². The van der Waals surface area contributed by atoms with Gasteiger partial charge in [-0.2, -0.15) is 26.3 Å². The molecule has 2 atom stereocenters. The van der Waals surface area contributed by atoms with Gasteiger partial charge in [0.15, 0.2) is 0 Å². The van der Waals surface area contributed by atoms with Gasteiger partial charge in [0, 0.05) is 21.2 Å². The number of ether oxygens (including phenoxy) is 2. The third kappa shape index (κ3) is 6.13. The molecule has 0 heterocycles. The van der Waals surface area contributed by atoms with Gasteiger partial charge in [-0.1, -0.05) is 59.6 Å². The van der Waals surface area contributed by atoms with Gasteiger partial charge in [0.2, 0.25) is 0 Å². The van der Waals surface area contributed by atoms with E-state index in [0.717, 1.165) is 72.8 Å². The van der Waals surface area contributed by atoms with Crippen molar-refractivity contribution in [3.8, 4) is 11.5 Å². The molecule has 0 saturated carbocycles. The molecule has 230 valence electrons. The van der Waals surface area contributed by atoms with Crippen molar-refractivity contribution in [2.75, 3.05) is 0 Å². The Kier molecular flexibility index (Phi) is 8.81. The van der Waals surface area contributed by atoms with Gasteiger partial charge in [0.1, 0.15) is 11.5 Å². The lowest BCUT2D eigenvalue weighted by molar-refractivity contribution is -0.201. The maximum absolute atomic E-state index is 13.6. The van der Waals surface area contributed by atoms with Gasteiger partial charge in [-0.3, -0.25) is 0 Å². The summed E-state index contributed by atoms with van der Waals surface area (Å²) in [7, 11) is 0. The fraction of sp³-hybridized carbons (Fsp3) is 0.133. The molecular formula is C30H18Cl2F6O6. The maximum Gasteiger partial charge on any atom is 0.416 e. The summed E-state index contributed by atoms with van der Waals surface area (Å²) in [4.78, 5) is 26.9. The molecule has 0 aliphatic carbocycles. The van der Waals surface area contributed by atoms with Crippen molar-refractivity contribution in [1.82, 2.24) is 0 Å². The molecule has 2 unspecified atom stereocenters. The number of aliphatic carboxylic acids is 2. The van der Waals surface area contributed by atoms with Crippen molar-refractivity contribution >= 4 is 35.1 Å². The Morgan fingerprint density at radius 3 is 1.11 bits per heavy atom. The molecule has 6 nitrogen and oxygen atoms in total. The van der Waals surface area contributed by atoms with E-state index in [-0.39, 0.29) is 10.0 Å². The molecule has 4 aromatic carbocycles. The third-order valence-electron chi connectivity index (χ3n) is 6.46. The molecule has 14 heteroatoms. The number of carboxylic acid groups (broad SMARTS) is 2. The molecule has 2 N–H and O–H groups in total. The van der Waals surface area contributed by atoms with Crippen LogP contribution in [0.25, 0.3) is 0 Å². The molecule has 0 bridgehead atoms. The molecule has 0 aromatic heterocycles. The summed E-state index contributed by atoms with van der Waals surface area (Å²) in [6.45, 7) is 0. The van der Waals surface area contributed by atoms with E-state index >= 15 is 0 Å². The van der Waals surface area contributed by atoms with E-state index in [1.165, 1.54) is 0 Å². The average Bonchev–Trinajstić information content (AvgIpc) is 2.95. The van der Waals surface area contributed by atoms with E-state index in [1.807, 2.05) is 0 Å². The highest BCUT2D eigenvalue weighted by Gasteiger charge is 2.69. The summed E-state index contributed by atoms with van der Waals surface area (Å²) in [5.41, 5.74) is -10.2. The van der Waals surface area contributed by atoms with Gasteiger partial charge in [-0.15, -0.1) is 0 Å². The summed E-state index contributed by atoms with van der Waals surface area (Å²) in [5.74, 6) is -5.71. The summed E-state index contributed by atoms with van der Waals surface area (Å²) in [6, 6.07) is 14.6. The highest BCUT2D eigenvalue weighted by molar-refractivity contribution is 6.30. The summed E-state index contributed by atoms with van der Waals surface area (Å²) < 4.78 is 93.2.